The largest absolute Gasteiger partial charge is 0.390 e. The predicted octanol–water partition coefficient (Wildman–Crippen LogP) is -0.585. The van der Waals surface area contributed by atoms with Gasteiger partial charge in [0.2, 0.25) is 5.91 Å². The molecule has 0 heterocycles. The summed E-state index contributed by atoms with van der Waals surface area (Å²) in [6, 6.07) is 0. The molecule has 1 atom stereocenters. The van der Waals surface area contributed by atoms with Crippen molar-refractivity contribution in [2.45, 2.75) is 26.9 Å². The molecule has 0 aromatic carbocycles. The number of nitrogens with one attached hydrogen (secondary N) is 2. The second-order valence-electron chi connectivity index (χ2n) is 3.72. The molecule has 5 heteroatoms. The molecule has 0 aromatic rings. The van der Waals surface area contributed by atoms with Gasteiger partial charge in [0.05, 0.1) is 12.6 Å². The van der Waals surface area contributed by atoms with E-state index in [1.807, 2.05) is 6.92 Å². The monoisotopic (exact) mass is 231 g/mol. The fourth-order valence-electron chi connectivity index (χ4n) is 1.46. The Morgan fingerprint density at radius 2 is 1.94 bits per heavy atom. The van der Waals surface area contributed by atoms with Gasteiger partial charge in [-0.15, -0.1) is 0 Å². The lowest BCUT2D eigenvalue weighted by atomic mass is 10.3. The minimum Gasteiger partial charge on any atom is -0.390 e. The second kappa shape index (κ2) is 9.57. The van der Waals surface area contributed by atoms with Gasteiger partial charge >= 0.3 is 0 Å². The first-order chi connectivity index (χ1) is 7.63. The van der Waals surface area contributed by atoms with Gasteiger partial charge in [-0.25, -0.2) is 0 Å². The van der Waals surface area contributed by atoms with E-state index in [1.165, 1.54) is 0 Å². The highest BCUT2D eigenvalue weighted by atomic mass is 16.3. The number of amides is 1. The van der Waals surface area contributed by atoms with Crippen LogP contribution in [0.15, 0.2) is 0 Å². The highest BCUT2D eigenvalue weighted by Gasteiger charge is 2.08. The molecule has 0 aliphatic heterocycles. The van der Waals surface area contributed by atoms with Crippen LogP contribution in [0, 0.1) is 0 Å². The van der Waals surface area contributed by atoms with Gasteiger partial charge in [-0.1, -0.05) is 13.8 Å². The Morgan fingerprint density at radius 1 is 1.31 bits per heavy atom. The van der Waals surface area contributed by atoms with Crippen molar-refractivity contribution in [1.29, 1.82) is 0 Å². The molecule has 0 fully saturated rings. The average Bonchev–Trinajstić information content (AvgIpc) is 2.26. The van der Waals surface area contributed by atoms with E-state index in [-0.39, 0.29) is 12.5 Å². The van der Waals surface area contributed by atoms with Crippen molar-refractivity contribution in [1.82, 2.24) is 15.5 Å². The zero-order chi connectivity index (χ0) is 12.4. The molecule has 0 bridgehead atoms. The molecular formula is C11H25N3O2. The molecule has 0 aromatic heterocycles. The quantitative estimate of drug-likeness (QED) is 0.496. The van der Waals surface area contributed by atoms with Crippen molar-refractivity contribution in [2.24, 2.45) is 0 Å². The molecule has 0 aliphatic rings. The highest BCUT2D eigenvalue weighted by molar-refractivity contribution is 5.77. The van der Waals surface area contributed by atoms with Gasteiger partial charge in [-0.3, -0.25) is 4.79 Å². The molecule has 96 valence electrons. The van der Waals surface area contributed by atoms with Crippen molar-refractivity contribution in [2.75, 3.05) is 39.3 Å². The standard InChI is InChI=1S/C11H25N3O2/c1-4-13-11(16)8-12-7-10(15)9-14(5-2)6-3/h10,12,15H,4-9H2,1-3H3,(H,13,16). The maximum Gasteiger partial charge on any atom is 0.233 e. The Labute approximate surface area is 98.2 Å². The van der Waals surface area contributed by atoms with Gasteiger partial charge in [0.15, 0.2) is 0 Å². The van der Waals surface area contributed by atoms with E-state index in [0.717, 1.165) is 13.1 Å². The average molecular weight is 231 g/mol. The minimum atomic E-state index is -0.422. The summed E-state index contributed by atoms with van der Waals surface area (Å²) in [6.45, 7) is 9.90. The van der Waals surface area contributed by atoms with Gasteiger partial charge in [0, 0.05) is 19.6 Å². The summed E-state index contributed by atoms with van der Waals surface area (Å²) >= 11 is 0. The summed E-state index contributed by atoms with van der Waals surface area (Å²) in [6.07, 6.45) is -0.422. The van der Waals surface area contributed by atoms with Gasteiger partial charge < -0.3 is 20.6 Å². The van der Waals surface area contributed by atoms with Crippen molar-refractivity contribution in [3.63, 3.8) is 0 Å². The van der Waals surface area contributed by atoms with Crippen LogP contribution >= 0.6 is 0 Å². The van der Waals surface area contributed by atoms with E-state index in [0.29, 0.717) is 19.6 Å². The lowest BCUT2D eigenvalue weighted by Gasteiger charge is -2.21. The number of carbonyl (C=O) groups is 1. The fourth-order valence-corrected chi connectivity index (χ4v) is 1.46. The maximum absolute atomic E-state index is 11.1. The summed E-state index contributed by atoms with van der Waals surface area (Å²) < 4.78 is 0. The first kappa shape index (κ1) is 15.3. The van der Waals surface area contributed by atoms with Gasteiger partial charge in [0.25, 0.3) is 0 Å². The lowest BCUT2D eigenvalue weighted by molar-refractivity contribution is -0.120. The molecule has 0 rings (SSSR count). The lowest BCUT2D eigenvalue weighted by Crippen LogP contribution is -2.41. The molecule has 5 nitrogen and oxygen atoms in total. The zero-order valence-corrected chi connectivity index (χ0v) is 10.6. The molecule has 0 saturated carbocycles. The van der Waals surface area contributed by atoms with Crippen LogP contribution in [-0.4, -0.2) is 61.3 Å². The van der Waals surface area contributed by atoms with Crippen LogP contribution in [0.2, 0.25) is 0 Å². The van der Waals surface area contributed by atoms with E-state index >= 15 is 0 Å². The summed E-state index contributed by atoms with van der Waals surface area (Å²) in [5, 5.41) is 15.3. The number of rotatable bonds is 9. The minimum absolute atomic E-state index is 0.0301. The van der Waals surface area contributed by atoms with E-state index < -0.39 is 6.10 Å². The van der Waals surface area contributed by atoms with Crippen molar-refractivity contribution in [3.8, 4) is 0 Å². The van der Waals surface area contributed by atoms with Crippen molar-refractivity contribution >= 4 is 5.91 Å². The first-order valence-electron chi connectivity index (χ1n) is 6.01. The number of hydrogen-bond acceptors (Lipinski definition) is 4. The Balaban J connectivity index is 3.56. The summed E-state index contributed by atoms with van der Waals surface area (Å²) in [7, 11) is 0. The topological polar surface area (TPSA) is 64.6 Å². The van der Waals surface area contributed by atoms with E-state index in [4.69, 9.17) is 0 Å². The number of aliphatic hydroxyl groups is 1. The summed E-state index contributed by atoms with van der Waals surface area (Å²) in [5.41, 5.74) is 0. The smallest absolute Gasteiger partial charge is 0.233 e. The van der Waals surface area contributed by atoms with Crippen LogP contribution < -0.4 is 10.6 Å². The molecule has 1 unspecified atom stereocenters. The molecule has 0 radical (unpaired) electrons. The van der Waals surface area contributed by atoms with Crippen LogP contribution in [0.1, 0.15) is 20.8 Å². The normalized spacial score (nSPS) is 12.8. The third-order valence-electron chi connectivity index (χ3n) is 2.40. The third kappa shape index (κ3) is 7.62. The Hall–Kier alpha value is -0.650. The van der Waals surface area contributed by atoms with Crippen LogP contribution in [-0.2, 0) is 4.79 Å². The Kier molecular flexibility index (Phi) is 9.18. The van der Waals surface area contributed by atoms with Gasteiger partial charge in [-0.05, 0) is 20.0 Å². The van der Waals surface area contributed by atoms with Crippen LogP contribution in [0.3, 0.4) is 0 Å². The zero-order valence-electron chi connectivity index (χ0n) is 10.6. The summed E-state index contributed by atoms with van der Waals surface area (Å²) in [4.78, 5) is 13.2. The number of likely N-dealkylation sites (N-methyl/N-ethyl adjacent to an activating group) is 2. The Morgan fingerprint density at radius 3 is 2.44 bits per heavy atom. The molecule has 3 N–H and O–H groups in total. The van der Waals surface area contributed by atoms with Crippen LogP contribution in [0.25, 0.3) is 0 Å². The van der Waals surface area contributed by atoms with E-state index in [2.05, 4.69) is 29.4 Å². The van der Waals surface area contributed by atoms with Crippen LogP contribution in [0.5, 0.6) is 0 Å². The number of hydrogen-bond donors (Lipinski definition) is 3. The predicted molar refractivity (Wildman–Crippen MR) is 65.3 cm³/mol. The van der Waals surface area contributed by atoms with E-state index in [9.17, 15) is 9.90 Å². The molecule has 1 amide bonds. The van der Waals surface area contributed by atoms with Crippen molar-refractivity contribution < 1.29 is 9.90 Å². The van der Waals surface area contributed by atoms with E-state index in [1.54, 1.807) is 0 Å². The van der Waals surface area contributed by atoms with Gasteiger partial charge in [0.1, 0.15) is 0 Å². The molecular weight excluding hydrogens is 206 g/mol. The second-order valence-corrected chi connectivity index (χ2v) is 3.72. The molecule has 0 aliphatic carbocycles. The fraction of sp³-hybridized carbons (Fsp3) is 0.909. The first-order valence-corrected chi connectivity index (χ1v) is 6.01. The van der Waals surface area contributed by atoms with Crippen molar-refractivity contribution in [3.05, 3.63) is 0 Å². The summed E-state index contributed by atoms with van der Waals surface area (Å²) in [5.74, 6) is -0.0301. The van der Waals surface area contributed by atoms with Gasteiger partial charge in [-0.2, -0.15) is 0 Å². The highest BCUT2D eigenvalue weighted by Crippen LogP contribution is 1.90. The molecule has 0 spiro atoms. The maximum atomic E-state index is 11.1. The third-order valence-corrected chi connectivity index (χ3v) is 2.40. The number of aliphatic hydroxyl groups excluding tert-OH is 1. The molecule has 0 saturated heterocycles. The molecule has 16 heavy (non-hydrogen) atoms. The van der Waals surface area contributed by atoms with Crippen LogP contribution in [0.4, 0.5) is 0 Å². The Bertz CT molecular complexity index is 184. The number of nitrogens with zero attached hydrogens (tertiary/aromatic N) is 1. The number of carbonyl (C=O) groups excluding carboxylic acids is 1. The SMILES string of the molecule is CCNC(=O)CNCC(O)CN(CC)CC.